The van der Waals surface area contributed by atoms with Crippen molar-refractivity contribution in [3.8, 4) is 0 Å². The molecule has 0 spiro atoms. The van der Waals surface area contributed by atoms with Gasteiger partial charge in [0.25, 0.3) is 0 Å². The van der Waals surface area contributed by atoms with Gasteiger partial charge in [0.2, 0.25) is 0 Å². The van der Waals surface area contributed by atoms with Crippen LogP contribution in [0, 0.1) is 0 Å². The molecule has 0 aliphatic heterocycles. The van der Waals surface area contributed by atoms with Crippen LogP contribution in [-0.4, -0.2) is 40.9 Å². The molecule has 0 radical (unpaired) electrons. The number of aryl methyl sites for hydroxylation is 1. The standard InChI is InChI=1S/C12H22N4O2/c1-4-10-15-9(13)7-11(16-10)14-8-12(2,17)5-6-18-3/h7,17H,4-6,8H2,1-3H3,(H3,13,14,15,16). The van der Waals surface area contributed by atoms with Crippen molar-refractivity contribution < 1.29 is 9.84 Å². The number of nitrogens with two attached hydrogens (primary N) is 1. The summed E-state index contributed by atoms with van der Waals surface area (Å²) in [6.07, 6.45) is 1.28. The molecule has 0 amide bonds. The number of methoxy groups -OCH3 is 1. The Kier molecular flexibility index (Phi) is 5.30. The lowest BCUT2D eigenvalue weighted by atomic mass is 10.0. The van der Waals surface area contributed by atoms with Crippen LogP contribution < -0.4 is 11.1 Å². The van der Waals surface area contributed by atoms with Crippen LogP contribution in [-0.2, 0) is 11.2 Å². The van der Waals surface area contributed by atoms with Crippen LogP contribution in [0.1, 0.15) is 26.1 Å². The molecular weight excluding hydrogens is 232 g/mol. The van der Waals surface area contributed by atoms with Gasteiger partial charge >= 0.3 is 0 Å². The number of nitrogens with zero attached hydrogens (tertiary/aromatic N) is 2. The summed E-state index contributed by atoms with van der Waals surface area (Å²) in [4.78, 5) is 8.38. The Balaban J connectivity index is 2.59. The van der Waals surface area contributed by atoms with Gasteiger partial charge in [-0.25, -0.2) is 9.97 Å². The lowest BCUT2D eigenvalue weighted by Crippen LogP contribution is -2.35. The van der Waals surface area contributed by atoms with E-state index >= 15 is 0 Å². The molecule has 0 aliphatic rings. The second-order valence-corrected chi connectivity index (χ2v) is 4.54. The highest BCUT2D eigenvalue weighted by molar-refractivity contribution is 5.44. The number of rotatable bonds is 7. The maximum Gasteiger partial charge on any atom is 0.132 e. The molecule has 1 atom stereocenters. The highest BCUT2D eigenvalue weighted by atomic mass is 16.5. The molecule has 0 aliphatic carbocycles. The zero-order chi connectivity index (χ0) is 13.6. The molecule has 18 heavy (non-hydrogen) atoms. The molecule has 0 bridgehead atoms. The number of ether oxygens (including phenoxy) is 1. The van der Waals surface area contributed by atoms with Crippen molar-refractivity contribution >= 4 is 11.6 Å². The first kappa shape index (κ1) is 14.7. The van der Waals surface area contributed by atoms with E-state index in [0.29, 0.717) is 37.0 Å². The lowest BCUT2D eigenvalue weighted by Gasteiger charge is -2.23. The molecule has 1 aromatic heterocycles. The molecule has 0 saturated carbocycles. The first-order valence-electron chi connectivity index (χ1n) is 6.05. The van der Waals surface area contributed by atoms with Crippen molar-refractivity contribution in [2.45, 2.75) is 32.3 Å². The van der Waals surface area contributed by atoms with Crippen molar-refractivity contribution in [1.82, 2.24) is 9.97 Å². The Morgan fingerprint density at radius 2 is 2.22 bits per heavy atom. The predicted octanol–water partition coefficient (Wildman–Crippen LogP) is 0.821. The van der Waals surface area contributed by atoms with E-state index in [1.807, 2.05) is 6.92 Å². The van der Waals surface area contributed by atoms with Gasteiger partial charge in [0.1, 0.15) is 17.5 Å². The van der Waals surface area contributed by atoms with E-state index < -0.39 is 5.60 Å². The average molecular weight is 254 g/mol. The van der Waals surface area contributed by atoms with E-state index in [2.05, 4.69) is 15.3 Å². The Morgan fingerprint density at radius 3 is 2.83 bits per heavy atom. The summed E-state index contributed by atoms with van der Waals surface area (Å²) in [6.45, 7) is 4.62. The van der Waals surface area contributed by atoms with Gasteiger partial charge in [-0.1, -0.05) is 6.92 Å². The van der Waals surface area contributed by atoms with Crippen molar-refractivity contribution in [1.29, 1.82) is 0 Å². The summed E-state index contributed by atoms with van der Waals surface area (Å²) in [7, 11) is 1.61. The van der Waals surface area contributed by atoms with Crippen molar-refractivity contribution in [3.05, 3.63) is 11.9 Å². The zero-order valence-electron chi connectivity index (χ0n) is 11.2. The largest absolute Gasteiger partial charge is 0.388 e. The van der Waals surface area contributed by atoms with E-state index in [9.17, 15) is 5.11 Å². The van der Waals surface area contributed by atoms with Crippen LogP contribution in [0.15, 0.2) is 6.07 Å². The quantitative estimate of drug-likeness (QED) is 0.667. The summed E-state index contributed by atoms with van der Waals surface area (Å²) in [5, 5.41) is 13.2. The van der Waals surface area contributed by atoms with Gasteiger partial charge in [0.15, 0.2) is 0 Å². The van der Waals surface area contributed by atoms with Gasteiger partial charge in [-0.15, -0.1) is 0 Å². The van der Waals surface area contributed by atoms with Gasteiger partial charge in [-0.2, -0.15) is 0 Å². The van der Waals surface area contributed by atoms with Crippen LogP contribution in [0.2, 0.25) is 0 Å². The Labute approximate surface area is 108 Å². The molecule has 102 valence electrons. The summed E-state index contributed by atoms with van der Waals surface area (Å²) in [5.41, 5.74) is 4.84. The highest BCUT2D eigenvalue weighted by Crippen LogP contribution is 2.13. The minimum Gasteiger partial charge on any atom is -0.388 e. The smallest absolute Gasteiger partial charge is 0.132 e. The first-order chi connectivity index (χ1) is 8.46. The second kappa shape index (κ2) is 6.51. The van der Waals surface area contributed by atoms with Crippen LogP contribution in [0.4, 0.5) is 11.6 Å². The maximum absolute atomic E-state index is 10.1. The maximum atomic E-state index is 10.1. The molecule has 6 heteroatoms. The average Bonchev–Trinajstić information content (AvgIpc) is 2.33. The normalized spacial score (nSPS) is 14.2. The van der Waals surface area contributed by atoms with Gasteiger partial charge in [-0.05, 0) is 6.92 Å². The summed E-state index contributed by atoms with van der Waals surface area (Å²) in [5.74, 6) is 1.76. The number of aromatic nitrogens is 2. The van der Waals surface area contributed by atoms with E-state index in [1.165, 1.54) is 0 Å². The molecule has 0 fully saturated rings. The molecule has 1 heterocycles. The summed E-state index contributed by atoms with van der Waals surface area (Å²) in [6, 6.07) is 1.66. The Bertz CT molecular complexity index is 382. The molecule has 0 saturated heterocycles. The van der Waals surface area contributed by atoms with E-state index in [1.54, 1.807) is 20.1 Å². The van der Waals surface area contributed by atoms with Gasteiger partial charge in [-0.3, -0.25) is 0 Å². The third kappa shape index (κ3) is 4.85. The molecule has 0 aromatic carbocycles. The topological polar surface area (TPSA) is 93.3 Å². The Hall–Kier alpha value is -1.40. The molecule has 1 rings (SSSR count). The van der Waals surface area contributed by atoms with E-state index in [-0.39, 0.29) is 0 Å². The van der Waals surface area contributed by atoms with E-state index in [0.717, 1.165) is 6.42 Å². The summed E-state index contributed by atoms with van der Waals surface area (Å²) < 4.78 is 4.95. The minimum atomic E-state index is -0.845. The number of hydrogen-bond acceptors (Lipinski definition) is 6. The minimum absolute atomic E-state index is 0.385. The molecular formula is C12H22N4O2. The van der Waals surface area contributed by atoms with Crippen LogP contribution in [0.5, 0.6) is 0 Å². The number of nitrogen functional groups attached to an aromatic ring is 1. The number of aliphatic hydroxyl groups is 1. The summed E-state index contributed by atoms with van der Waals surface area (Å²) >= 11 is 0. The van der Waals surface area contributed by atoms with Crippen LogP contribution in [0.3, 0.4) is 0 Å². The molecule has 1 unspecified atom stereocenters. The first-order valence-corrected chi connectivity index (χ1v) is 6.05. The third-order valence-electron chi connectivity index (χ3n) is 2.60. The van der Waals surface area contributed by atoms with Crippen molar-refractivity contribution in [3.63, 3.8) is 0 Å². The van der Waals surface area contributed by atoms with Gasteiger partial charge in [0, 0.05) is 39.2 Å². The van der Waals surface area contributed by atoms with Crippen LogP contribution >= 0.6 is 0 Å². The van der Waals surface area contributed by atoms with Crippen molar-refractivity contribution in [2.75, 3.05) is 31.3 Å². The fourth-order valence-corrected chi connectivity index (χ4v) is 1.46. The lowest BCUT2D eigenvalue weighted by molar-refractivity contribution is 0.0357. The highest BCUT2D eigenvalue weighted by Gasteiger charge is 2.19. The number of hydrogen-bond donors (Lipinski definition) is 3. The second-order valence-electron chi connectivity index (χ2n) is 4.54. The number of nitrogens with one attached hydrogen (secondary N) is 1. The fourth-order valence-electron chi connectivity index (χ4n) is 1.46. The van der Waals surface area contributed by atoms with Gasteiger partial charge < -0.3 is 20.9 Å². The monoisotopic (exact) mass is 254 g/mol. The predicted molar refractivity (Wildman–Crippen MR) is 71.4 cm³/mol. The van der Waals surface area contributed by atoms with Crippen molar-refractivity contribution in [2.24, 2.45) is 0 Å². The third-order valence-corrected chi connectivity index (χ3v) is 2.60. The van der Waals surface area contributed by atoms with Crippen LogP contribution in [0.25, 0.3) is 0 Å². The van der Waals surface area contributed by atoms with Gasteiger partial charge in [0.05, 0.1) is 5.60 Å². The molecule has 1 aromatic rings. The fraction of sp³-hybridized carbons (Fsp3) is 0.667. The number of anilines is 2. The molecule has 6 nitrogen and oxygen atoms in total. The molecule has 4 N–H and O–H groups in total. The SMILES string of the molecule is CCc1nc(N)cc(NCC(C)(O)CCOC)n1. The zero-order valence-corrected chi connectivity index (χ0v) is 11.2. The van der Waals surface area contributed by atoms with E-state index in [4.69, 9.17) is 10.5 Å². The Morgan fingerprint density at radius 1 is 1.50 bits per heavy atom.